The predicted octanol–water partition coefficient (Wildman–Crippen LogP) is 5.35. The lowest BCUT2D eigenvalue weighted by Crippen LogP contribution is -2.28. The molecule has 5 nitrogen and oxygen atoms in total. The summed E-state index contributed by atoms with van der Waals surface area (Å²) in [6.45, 7) is 2.54. The van der Waals surface area contributed by atoms with Crippen LogP contribution in [0.2, 0.25) is 5.02 Å². The van der Waals surface area contributed by atoms with Gasteiger partial charge in [0.15, 0.2) is 5.69 Å². The molecule has 2 heterocycles. The highest BCUT2D eigenvalue weighted by molar-refractivity contribution is 6.30. The molecule has 3 aromatic rings. The first-order chi connectivity index (χ1) is 14.7. The number of benzene rings is 2. The minimum absolute atomic E-state index is 0. The van der Waals surface area contributed by atoms with Crippen LogP contribution in [0.25, 0.3) is 5.69 Å². The van der Waals surface area contributed by atoms with Crippen molar-refractivity contribution in [1.82, 2.24) is 15.1 Å². The Hall–Kier alpha value is -2.71. The lowest BCUT2D eigenvalue weighted by atomic mass is 9.97. The number of hydrogen-bond donors (Lipinski definition) is 2. The zero-order valence-electron chi connectivity index (χ0n) is 17.0. The third-order valence-electron chi connectivity index (χ3n) is 5.30. The molecule has 2 N–H and O–H groups in total. The van der Waals surface area contributed by atoms with Crippen LogP contribution in [-0.4, -0.2) is 22.2 Å². The molecule has 0 saturated carbocycles. The summed E-state index contributed by atoms with van der Waals surface area (Å²) in [5, 5.41) is 10.1. The number of hydrogen-bond acceptors (Lipinski definition) is 3. The average molecular weight is 485 g/mol. The Bertz CT molecular complexity index is 1130. The van der Waals surface area contributed by atoms with Gasteiger partial charge in [-0.2, -0.15) is 18.3 Å². The van der Waals surface area contributed by atoms with Crippen LogP contribution in [0.15, 0.2) is 48.5 Å². The van der Waals surface area contributed by atoms with E-state index in [1.54, 1.807) is 25.1 Å². The van der Waals surface area contributed by atoms with Gasteiger partial charge >= 0.3 is 6.18 Å². The monoisotopic (exact) mass is 484 g/mol. The van der Waals surface area contributed by atoms with Crippen molar-refractivity contribution in [2.45, 2.75) is 32.0 Å². The van der Waals surface area contributed by atoms with Crippen molar-refractivity contribution >= 4 is 35.6 Å². The highest BCUT2D eigenvalue weighted by Gasteiger charge is 2.35. The number of halogens is 5. The third kappa shape index (κ3) is 5.02. The van der Waals surface area contributed by atoms with Gasteiger partial charge in [0.1, 0.15) is 0 Å². The Morgan fingerprint density at radius 2 is 2.03 bits per heavy atom. The van der Waals surface area contributed by atoms with Gasteiger partial charge in [-0.05, 0) is 54.8 Å². The van der Waals surface area contributed by atoms with Crippen LogP contribution < -0.4 is 10.6 Å². The topological polar surface area (TPSA) is 59.0 Å². The van der Waals surface area contributed by atoms with Gasteiger partial charge in [0.05, 0.1) is 23.8 Å². The van der Waals surface area contributed by atoms with Crippen LogP contribution in [0.4, 0.5) is 18.9 Å². The largest absolute Gasteiger partial charge is 0.435 e. The first-order valence-electron chi connectivity index (χ1n) is 9.79. The fourth-order valence-electron chi connectivity index (χ4n) is 3.59. The number of anilines is 1. The maximum atomic E-state index is 13.2. The maximum absolute atomic E-state index is 13.2. The second-order valence-electron chi connectivity index (χ2n) is 7.44. The van der Waals surface area contributed by atoms with Crippen molar-refractivity contribution in [1.29, 1.82) is 0 Å². The molecule has 1 aliphatic heterocycles. The molecule has 10 heteroatoms. The number of nitrogens with zero attached hydrogens (tertiary/aromatic N) is 2. The summed E-state index contributed by atoms with van der Waals surface area (Å²) in [7, 11) is 0. The normalized spacial score (nSPS) is 13.7. The van der Waals surface area contributed by atoms with Crippen LogP contribution in [0.5, 0.6) is 0 Å². The van der Waals surface area contributed by atoms with Gasteiger partial charge < -0.3 is 10.6 Å². The number of amides is 1. The third-order valence-corrected chi connectivity index (χ3v) is 5.54. The second kappa shape index (κ2) is 9.42. The van der Waals surface area contributed by atoms with Crippen LogP contribution in [0, 0.1) is 0 Å². The highest BCUT2D eigenvalue weighted by Crippen LogP contribution is 2.30. The van der Waals surface area contributed by atoms with E-state index in [0.29, 0.717) is 10.7 Å². The van der Waals surface area contributed by atoms with E-state index >= 15 is 0 Å². The van der Waals surface area contributed by atoms with E-state index in [0.717, 1.165) is 40.5 Å². The SMILES string of the molecule is CC(C(=O)NCc1cc(C(F)(F)F)nn1-c1cccc(Cl)c1)c1ccc2c(c1)CCN2.Cl. The van der Waals surface area contributed by atoms with Crippen molar-refractivity contribution in [2.24, 2.45) is 0 Å². The first kappa shape index (κ1) is 23.9. The molecule has 2 aromatic carbocycles. The van der Waals surface area contributed by atoms with Crippen molar-refractivity contribution in [3.05, 3.63) is 76.1 Å². The summed E-state index contributed by atoms with van der Waals surface area (Å²) in [5.41, 5.74) is 2.64. The highest BCUT2D eigenvalue weighted by atomic mass is 35.5. The minimum Gasteiger partial charge on any atom is -0.384 e. The van der Waals surface area contributed by atoms with Gasteiger partial charge in [-0.25, -0.2) is 4.68 Å². The minimum atomic E-state index is -4.60. The maximum Gasteiger partial charge on any atom is 0.435 e. The predicted molar refractivity (Wildman–Crippen MR) is 120 cm³/mol. The van der Waals surface area contributed by atoms with Crippen molar-refractivity contribution in [2.75, 3.05) is 11.9 Å². The summed E-state index contributed by atoms with van der Waals surface area (Å²) in [6.07, 6.45) is -3.70. The standard InChI is InChI=1S/C22H20ClF3N4O.ClH/c1-13(14-5-6-19-15(9-14)7-8-27-19)21(31)28-12-18-11-20(22(24,25)26)29-30(18)17-4-2-3-16(23)10-17;/h2-6,9-11,13,27H,7-8,12H2,1H3,(H,28,31);1H. The van der Waals surface area contributed by atoms with E-state index in [9.17, 15) is 18.0 Å². The molecule has 0 spiro atoms. The summed E-state index contributed by atoms with van der Waals surface area (Å²) in [5.74, 6) is -0.728. The van der Waals surface area contributed by atoms with Crippen molar-refractivity contribution < 1.29 is 18.0 Å². The van der Waals surface area contributed by atoms with E-state index in [2.05, 4.69) is 15.7 Å². The summed E-state index contributed by atoms with van der Waals surface area (Å²) >= 11 is 5.98. The molecule has 0 radical (unpaired) electrons. The molecule has 1 atom stereocenters. The van der Waals surface area contributed by atoms with Crippen LogP contribution in [-0.2, 0) is 23.9 Å². The van der Waals surface area contributed by atoms with Gasteiger partial charge in [0.25, 0.3) is 0 Å². The fourth-order valence-corrected chi connectivity index (χ4v) is 3.78. The smallest absolute Gasteiger partial charge is 0.384 e. The molecule has 1 aliphatic rings. The Kier molecular flexibility index (Phi) is 7.05. The first-order valence-corrected chi connectivity index (χ1v) is 10.2. The van der Waals surface area contributed by atoms with Crippen molar-refractivity contribution in [3.63, 3.8) is 0 Å². The zero-order chi connectivity index (χ0) is 22.2. The zero-order valence-corrected chi connectivity index (χ0v) is 18.6. The molecule has 0 bridgehead atoms. The molecule has 32 heavy (non-hydrogen) atoms. The van der Waals surface area contributed by atoms with Gasteiger partial charge in [0, 0.05) is 17.3 Å². The Morgan fingerprint density at radius 3 is 2.75 bits per heavy atom. The Labute approximate surface area is 194 Å². The van der Waals surface area contributed by atoms with Crippen LogP contribution in [0.3, 0.4) is 0 Å². The van der Waals surface area contributed by atoms with E-state index in [-0.39, 0.29) is 30.6 Å². The van der Waals surface area contributed by atoms with Gasteiger partial charge in [-0.3, -0.25) is 4.79 Å². The Morgan fingerprint density at radius 1 is 1.25 bits per heavy atom. The molecule has 0 aliphatic carbocycles. The fraction of sp³-hybridized carbons (Fsp3) is 0.273. The molecule has 0 fully saturated rings. The molecule has 1 unspecified atom stereocenters. The number of nitrogens with one attached hydrogen (secondary N) is 2. The molecule has 4 rings (SSSR count). The van der Waals surface area contributed by atoms with Gasteiger partial charge in [-0.1, -0.05) is 29.8 Å². The van der Waals surface area contributed by atoms with Crippen LogP contribution >= 0.6 is 24.0 Å². The quantitative estimate of drug-likeness (QED) is 0.512. The lowest BCUT2D eigenvalue weighted by Gasteiger charge is -2.14. The van der Waals surface area contributed by atoms with Crippen molar-refractivity contribution in [3.8, 4) is 5.69 Å². The van der Waals surface area contributed by atoms with E-state index in [4.69, 9.17) is 11.6 Å². The molecular formula is C22H21Cl2F3N4O. The van der Waals surface area contributed by atoms with Gasteiger partial charge in [-0.15, -0.1) is 12.4 Å². The Balaban J connectivity index is 0.00000289. The summed E-state index contributed by atoms with van der Waals surface area (Å²) < 4.78 is 40.9. The second-order valence-corrected chi connectivity index (χ2v) is 7.88. The van der Waals surface area contributed by atoms with Crippen LogP contribution in [0.1, 0.15) is 35.4 Å². The molecule has 170 valence electrons. The van der Waals surface area contributed by atoms with E-state index in [1.165, 1.54) is 6.07 Å². The summed E-state index contributed by atoms with van der Waals surface area (Å²) in [4.78, 5) is 12.7. The summed E-state index contributed by atoms with van der Waals surface area (Å²) in [6, 6.07) is 13.1. The number of carbonyl (C=O) groups excluding carboxylic acids is 1. The number of aromatic nitrogens is 2. The number of rotatable bonds is 5. The molecule has 1 amide bonds. The van der Waals surface area contributed by atoms with Gasteiger partial charge in [0.2, 0.25) is 5.91 Å². The number of alkyl halides is 3. The average Bonchev–Trinajstić information content (AvgIpc) is 3.37. The molecule has 0 saturated heterocycles. The number of carbonyl (C=O) groups is 1. The van der Waals surface area contributed by atoms with E-state index in [1.807, 2.05) is 18.2 Å². The number of fused-ring (bicyclic) bond motifs is 1. The lowest BCUT2D eigenvalue weighted by molar-refractivity contribution is -0.141. The molecular weight excluding hydrogens is 464 g/mol. The van der Waals surface area contributed by atoms with E-state index < -0.39 is 17.8 Å². The molecule has 1 aromatic heterocycles.